The maximum Gasteiger partial charge on any atom is 0.313 e. The summed E-state index contributed by atoms with van der Waals surface area (Å²) in [6.07, 6.45) is 1.33. The van der Waals surface area contributed by atoms with Crippen LogP contribution in [0.4, 0.5) is 5.95 Å². The van der Waals surface area contributed by atoms with E-state index in [9.17, 15) is 9.59 Å². The number of aromatic amines is 1. The van der Waals surface area contributed by atoms with E-state index in [-0.39, 0.29) is 18.1 Å². The van der Waals surface area contributed by atoms with Crippen LogP contribution in [-0.2, 0) is 4.79 Å². The highest BCUT2D eigenvalue weighted by atomic mass is 16.4. The van der Waals surface area contributed by atoms with Gasteiger partial charge < -0.3 is 5.11 Å². The van der Waals surface area contributed by atoms with E-state index >= 15 is 0 Å². The zero-order chi connectivity index (χ0) is 14.3. The number of hydrogen-bond acceptors (Lipinski definition) is 5. The number of nitrogens with zero attached hydrogens (tertiary/aromatic N) is 3. The Morgan fingerprint density at radius 2 is 2.30 bits per heavy atom. The molecule has 0 saturated carbocycles. The van der Waals surface area contributed by atoms with Crippen LogP contribution < -0.4 is 10.6 Å². The van der Waals surface area contributed by atoms with Crippen molar-refractivity contribution in [3.05, 3.63) is 34.1 Å². The van der Waals surface area contributed by atoms with Gasteiger partial charge in [0.1, 0.15) is 5.92 Å². The number of nitrogens with one attached hydrogen (secondary N) is 1. The lowest BCUT2D eigenvalue weighted by Crippen LogP contribution is -2.26. The fraction of sp³-hybridized carbons (Fsp3) is 0.231. The molecule has 7 nitrogen and oxygen atoms in total. The average molecular weight is 272 g/mol. The van der Waals surface area contributed by atoms with Crippen LogP contribution in [-0.4, -0.2) is 33.8 Å². The van der Waals surface area contributed by atoms with Crippen LogP contribution in [0.1, 0.15) is 5.56 Å². The van der Waals surface area contributed by atoms with Crippen molar-refractivity contribution in [3.63, 3.8) is 0 Å². The van der Waals surface area contributed by atoms with Crippen LogP contribution in [0, 0.1) is 12.8 Å². The number of carbonyl (C=O) groups is 1. The van der Waals surface area contributed by atoms with E-state index in [0.29, 0.717) is 10.9 Å². The van der Waals surface area contributed by atoms with Crippen LogP contribution in [0.3, 0.4) is 0 Å². The quantitative estimate of drug-likeness (QED) is 0.840. The Labute approximate surface area is 113 Å². The van der Waals surface area contributed by atoms with Crippen molar-refractivity contribution >= 4 is 29.0 Å². The largest absolute Gasteiger partial charge is 0.481 e. The lowest BCUT2D eigenvalue weighted by molar-refractivity contribution is -0.138. The van der Waals surface area contributed by atoms with Gasteiger partial charge in [-0.1, -0.05) is 11.6 Å². The van der Waals surface area contributed by atoms with Gasteiger partial charge in [-0.2, -0.15) is 5.10 Å². The van der Waals surface area contributed by atoms with Gasteiger partial charge in [0.05, 0.1) is 17.4 Å². The molecule has 2 aromatic rings. The summed E-state index contributed by atoms with van der Waals surface area (Å²) in [7, 11) is 0. The molecule has 0 aliphatic carbocycles. The summed E-state index contributed by atoms with van der Waals surface area (Å²) in [5, 5.41) is 14.8. The van der Waals surface area contributed by atoms with Gasteiger partial charge in [0, 0.05) is 6.21 Å². The first kappa shape index (κ1) is 12.3. The molecule has 0 spiro atoms. The summed E-state index contributed by atoms with van der Waals surface area (Å²) >= 11 is 0. The number of benzene rings is 1. The normalized spacial score (nSPS) is 17.9. The third-order valence-corrected chi connectivity index (χ3v) is 3.17. The van der Waals surface area contributed by atoms with Gasteiger partial charge in [-0.05, 0) is 19.1 Å². The third-order valence-electron chi connectivity index (χ3n) is 3.17. The first-order valence-electron chi connectivity index (χ1n) is 6.10. The number of hydrogen-bond donors (Lipinski definition) is 2. The van der Waals surface area contributed by atoms with Gasteiger partial charge in [-0.3, -0.25) is 14.6 Å². The molecule has 1 aliphatic heterocycles. The SMILES string of the molecule is Cc1ccc2nc(N3CC(C(=O)O)C=N3)[nH]c(=O)c2c1. The standard InChI is InChI=1S/C13H12N4O3/c1-7-2-3-10-9(4-7)11(18)16-13(15-10)17-6-8(5-14-17)12(19)20/h2-5,8H,6H2,1H3,(H,19,20)(H,15,16,18). The Morgan fingerprint density at radius 3 is 3.00 bits per heavy atom. The zero-order valence-electron chi connectivity index (χ0n) is 10.7. The molecule has 2 N–H and O–H groups in total. The molecule has 1 aliphatic rings. The Balaban J connectivity index is 2.02. The maximum atomic E-state index is 12.0. The summed E-state index contributed by atoms with van der Waals surface area (Å²) in [6, 6.07) is 5.39. The highest BCUT2D eigenvalue weighted by Gasteiger charge is 2.26. The van der Waals surface area contributed by atoms with Gasteiger partial charge in [0.2, 0.25) is 5.95 Å². The van der Waals surface area contributed by atoms with Crippen LogP contribution >= 0.6 is 0 Å². The number of rotatable bonds is 2. The molecule has 1 unspecified atom stereocenters. The molecule has 1 aromatic heterocycles. The second-order valence-electron chi connectivity index (χ2n) is 4.70. The molecule has 0 bridgehead atoms. The van der Waals surface area contributed by atoms with Crippen molar-refractivity contribution in [1.29, 1.82) is 0 Å². The van der Waals surface area contributed by atoms with E-state index in [0.717, 1.165) is 5.56 Å². The van der Waals surface area contributed by atoms with E-state index in [2.05, 4.69) is 15.1 Å². The van der Waals surface area contributed by atoms with Crippen LogP contribution in [0.2, 0.25) is 0 Å². The topological polar surface area (TPSA) is 98.7 Å². The predicted molar refractivity (Wildman–Crippen MR) is 74.1 cm³/mol. The molecule has 1 aromatic carbocycles. The maximum absolute atomic E-state index is 12.0. The highest BCUT2D eigenvalue weighted by Crippen LogP contribution is 2.17. The summed E-state index contributed by atoms with van der Waals surface area (Å²) in [6.45, 7) is 2.06. The number of anilines is 1. The Hall–Kier alpha value is -2.70. The van der Waals surface area contributed by atoms with Crippen LogP contribution in [0.25, 0.3) is 10.9 Å². The Morgan fingerprint density at radius 1 is 1.50 bits per heavy atom. The van der Waals surface area contributed by atoms with E-state index in [1.807, 2.05) is 13.0 Å². The van der Waals surface area contributed by atoms with Crippen molar-refractivity contribution < 1.29 is 9.90 Å². The molecular weight excluding hydrogens is 260 g/mol. The lowest BCUT2D eigenvalue weighted by atomic mass is 10.2. The molecular formula is C13H12N4O3. The van der Waals surface area contributed by atoms with E-state index in [4.69, 9.17) is 5.11 Å². The number of aliphatic carboxylic acids is 1. The molecule has 2 heterocycles. The monoisotopic (exact) mass is 272 g/mol. The van der Waals surface area contributed by atoms with Gasteiger partial charge in [-0.25, -0.2) is 9.99 Å². The predicted octanol–water partition coefficient (Wildman–Crippen LogP) is 0.738. The second-order valence-corrected chi connectivity index (χ2v) is 4.70. The van der Waals surface area contributed by atoms with Gasteiger partial charge >= 0.3 is 5.97 Å². The summed E-state index contributed by atoms with van der Waals surface area (Å²) in [5.74, 6) is -1.38. The minimum absolute atomic E-state index is 0.162. The molecule has 1 atom stereocenters. The van der Waals surface area contributed by atoms with Crippen molar-refractivity contribution in [2.45, 2.75) is 6.92 Å². The van der Waals surface area contributed by atoms with Crippen LogP contribution in [0.5, 0.6) is 0 Å². The number of aromatic nitrogens is 2. The number of carboxylic acids is 1. The Kier molecular flexibility index (Phi) is 2.74. The number of hydrazone groups is 1. The second kappa shape index (κ2) is 4.44. The molecule has 0 saturated heterocycles. The fourth-order valence-electron chi connectivity index (χ4n) is 2.09. The molecule has 3 rings (SSSR count). The fourth-order valence-corrected chi connectivity index (χ4v) is 2.09. The summed E-state index contributed by atoms with van der Waals surface area (Å²) in [4.78, 5) is 29.9. The number of H-pyrrole nitrogens is 1. The molecule has 7 heteroatoms. The zero-order valence-corrected chi connectivity index (χ0v) is 10.7. The van der Waals surface area contributed by atoms with E-state index < -0.39 is 11.9 Å². The lowest BCUT2D eigenvalue weighted by Gasteiger charge is -2.13. The van der Waals surface area contributed by atoms with E-state index in [1.165, 1.54) is 11.2 Å². The minimum atomic E-state index is -0.949. The van der Waals surface area contributed by atoms with Crippen molar-refractivity contribution in [2.75, 3.05) is 11.6 Å². The highest BCUT2D eigenvalue weighted by molar-refractivity contribution is 5.91. The Bertz CT molecular complexity index is 781. The number of fused-ring (bicyclic) bond motifs is 1. The number of carboxylic acid groups (broad SMARTS) is 1. The van der Waals surface area contributed by atoms with Crippen molar-refractivity contribution in [1.82, 2.24) is 9.97 Å². The van der Waals surface area contributed by atoms with E-state index in [1.54, 1.807) is 12.1 Å². The first-order valence-corrected chi connectivity index (χ1v) is 6.10. The van der Waals surface area contributed by atoms with Gasteiger partial charge in [-0.15, -0.1) is 0 Å². The van der Waals surface area contributed by atoms with Crippen molar-refractivity contribution in [2.24, 2.45) is 11.0 Å². The van der Waals surface area contributed by atoms with Crippen molar-refractivity contribution in [3.8, 4) is 0 Å². The smallest absolute Gasteiger partial charge is 0.313 e. The van der Waals surface area contributed by atoms with Gasteiger partial charge in [0.25, 0.3) is 5.56 Å². The third kappa shape index (κ3) is 2.03. The summed E-state index contributed by atoms with van der Waals surface area (Å²) < 4.78 is 0. The van der Waals surface area contributed by atoms with Gasteiger partial charge in [0.15, 0.2) is 0 Å². The molecule has 20 heavy (non-hydrogen) atoms. The molecule has 0 amide bonds. The first-order chi connectivity index (χ1) is 9.54. The summed E-state index contributed by atoms with van der Waals surface area (Å²) in [5.41, 5.74) is 1.27. The number of aryl methyl sites for hydroxylation is 1. The minimum Gasteiger partial charge on any atom is -0.481 e. The molecule has 0 radical (unpaired) electrons. The molecule has 102 valence electrons. The molecule has 0 fully saturated rings. The van der Waals surface area contributed by atoms with Crippen LogP contribution in [0.15, 0.2) is 28.1 Å². The average Bonchev–Trinajstić information content (AvgIpc) is 2.89.